The Morgan fingerprint density at radius 1 is 1.28 bits per heavy atom. The van der Waals surface area contributed by atoms with Gasteiger partial charge >= 0.3 is 0 Å². The van der Waals surface area contributed by atoms with Gasteiger partial charge in [-0.1, -0.05) is 12.1 Å². The van der Waals surface area contributed by atoms with Crippen molar-refractivity contribution in [1.29, 1.82) is 0 Å². The highest BCUT2D eigenvalue weighted by Crippen LogP contribution is 2.25. The summed E-state index contributed by atoms with van der Waals surface area (Å²) < 4.78 is 0. The molecule has 2 rings (SSSR count). The third kappa shape index (κ3) is 3.72. The summed E-state index contributed by atoms with van der Waals surface area (Å²) in [7, 11) is 0. The van der Waals surface area contributed by atoms with E-state index in [1.165, 1.54) is 18.4 Å². The van der Waals surface area contributed by atoms with Gasteiger partial charge in [0.05, 0.1) is 0 Å². The number of rotatable bonds is 3. The molecule has 1 amide bonds. The molecule has 2 N–H and O–H groups in total. The molecule has 0 saturated carbocycles. The van der Waals surface area contributed by atoms with Gasteiger partial charge in [-0.2, -0.15) is 0 Å². The summed E-state index contributed by atoms with van der Waals surface area (Å²) in [6.07, 6.45) is 2.39. The zero-order valence-electron chi connectivity index (χ0n) is 10.7. The summed E-state index contributed by atoms with van der Waals surface area (Å²) in [5.74, 6) is 0.670. The second-order valence-corrected chi connectivity index (χ2v) is 4.51. The maximum Gasteiger partial charge on any atom is 0.251 e. The van der Waals surface area contributed by atoms with Gasteiger partial charge in [0, 0.05) is 12.1 Å². The van der Waals surface area contributed by atoms with Crippen LogP contribution in [0.15, 0.2) is 24.3 Å². The van der Waals surface area contributed by atoms with Gasteiger partial charge < -0.3 is 10.6 Å². The number of carbonyl (C=O) groups excluding carboxylic acids is 1. The van der Waals surface area contributed by atoms with E-state index in [0.717, 1.165) is 18.7 Å². The zero-order chi connectivity index (χ0) is 12.1. The fourth-order valence-corrected chi connectivity index (χ4v) is 2.32. The first-order valence-electron chi connectivity index (χ1n) is 6.40. The number of hydrogen-bond donors (Lipinski definition) is 2. The fraction of sp³-hybridized carbons (Fsp3) is 0.500. The largest absolute Gasteiger partial charge is 0.352 e. The summed E-state index contributed by atoms with van der Waals surface area (Å²) in [6.45, 7) is 4.81. The molecule has 1 aromatic carbocycles. The van der Waals surface area contributed by atoms with Crippen LogP contribution in [0.3, 0.4) is 0 Å². The molecule has 0 aromatic heterocycles. The number of nitrogens with one attached hydrogen (secondary N) is 2. The molecular weight excluding hydrogens is 248 g/mol. The van der Waals surface area contributed by atoms with Gasteiger partial charge in [-0.3, -0.25) is 4.79 Å². The lowest BCUT2D eigenvalue weighted by atomic mass is 9.90. The molecule has 3 nitrogen and oxygen atoms in total. The third-order valence-corrected chi connectivity index (χ3v) is 3.32. The van der Waals surface area contributed by atoms with E-state index in [9.17, 15) is 4.79 Å². The van der Waals surface area contributed by atoms with Crippen LogP contribution in [0, 0.1) is 0 Å². The molecule has 0 bridgehead atoms. The van der Waals surface area contributed by atoms with E-state index < -0.39 is 0 Å². The Kier molecular flexibility index (Phi) is 6.16. The van der Waals surface area contributed by atoms with Crippen LogP contribution in [0.1, 0.15) is 41.6 Å². The minimum Gasteiger partial charge on any atom is -0.352 e. The van der Waals surface area contributed by atoms with Crippen LogP contribution >= 0.6 is 12.4 Å². The molecule has 4 heteroatoms. The lowest BCUT2D eigenvalue weighted by Gasteiger charge is -2.23. The molecule has 0 aliphatic carbocycles. The van der Waals surface area contributed by atoms with E-state index in [4.69, 9.17) is 0 Å². The van der Waals surface area contributed by atoms with E-state index in [-0.39, 0.29) is 18.3 Å². The summed E-state index contributed by atoms with van der Waals surface area (Å²) in [6, 6.07) is 8.06. The Labute approximate surface area is 115 Å². The van der Waals surface area contributed by atoms with Crippen molar-refractivity contribution in [1.82, 2.24) is 10.6 Å². The fourth-order valence-electron chi connectivity index (χ4n) is 2.32. The minimum absolute atomic E-state index is 0. The summed E-state index contributed by atoms with van der Waals surface area (Å²) in [5, 5.41) is 6.18. The predicted octanol–water partition coefficient (Wildman–Crippen LogP) is 2.33. The predicted molar refractivity (Wildman–Crippen MR) is 76.5 cm³/mol. The quantitative estimate of drug-likeness (QED) is 0.883. The molecule has 0 spiro atoms. The van der Waals surface area contributed by atoms with Crippen LogP contribution in [0.4, 0.5) is 0 Å². The van der Waals surface area contributed by atoms with E-state index in [2.05, 4.69) is 22.8 Å². The van der Waals surface area contributed by atoms with Crippen LogP contribution in [-0.4, -0.2) is 25.5 Å². The number of carbonyl (C=O) groups is 1. The Morgan fingerprint density at radius 2 is 1.89 bits per heavy atom. The zero-order valence-corrected chi connectivity index (χ0v) is 11.6. The average Bonchev–Trinajstić information content (AvgIpc) is 2.40. The first-order valence-corrected chi connectivity index (χ1v) is 6.40. The first-order chi connectivity index (χ1) is 8.31. The molecular formula is C14H21ClN2O. The van der Waals surface area contributed by atoms with E-state index >= 15 is 0 Å². The number of hydrogen-bond acceptors (Lipinski definition) is 2. The monoisotopic (exact) mass is 268 g/mol. The normalized spacial score (nSPS) is 15.8. The lowest BCUT2D eigenvalue weighted by Crippen LogP contribution is -2.26. The standard InChI is InChI=1S/C14H20N2O.ClH/c1-2-16-14(17)13-5-3-11(4-6-13)12-7-9-15-10-8-12;/h3-6,12,15H,2,7-10H2,1H3,(H,16,17);1H. The average molecular weight is 269 g/mol. The molecule has 1 heterocycles. The summed E-state index contributed by atoms with van der Waals surface area (Å²) in [4.78, 5) is 11.6. The minimum atomic E-state index is 0. The topological polar surface area (TPSA) is 41.1 Å². The molecule has 0 unspecified atom stereocenters. The van der Waals surface area contributed by atoms with Crippen molar-refractivity contribution in [2.45, 2.75) is 25.7 Å². The second kappa shape index (κ2) is 7.39. The van der Waals surface area contributed by atoms with E-state index in [1.54, 1.807) is 0 Å². The molecule has 1 aromatic rings. The van der Waals surface area contributed by atoms with Gasteiger partial charge in [-0.15, -0.1) is 12.4 Å². The highest BCUT2D eigenvalue weighted by molar-refractivity contribution is 5.94. The maximum atomic E-state index is 11.6. The van der Waals surface area contributed by atoms with E-state index in [0.29, 0.717) is 12.5 Å². The van der Waals surface area contributed by atoms with Crippen molar-refractivity contribution in [3.8, 4) is 0 Å². The van der Waals surface area contributed by atoms with Crippen molar-refractivity contribution in [2.24, 2.45) is 0 Å². The Morgan fingerprint density at radius 3 is 2.44 bits per heavy atom. The Balaban J connectivity index is 0.00000162. The number of benzene rings is 1. The molecule has 1 aliphatic heterocycles. The molecule has 18 heavy (non-hydrogen) atoms. The van der Waals surface area contributed by atoms with Crippen LogP contribution in [-0.2, 0) is 0 Å². The van der Waals surface area contributed by atoms with Crippen LogP contribution in [0.2, 0.25) is 0 Å². The lowest BCUT2D eigenvalue weighted by molar-refractivity contribution is 0.0956. The maximum absolute atomic E-state index is 11.6. The van der Waals surface area contributed by atoms with Crippen molar-refractivity contribution in [3.05, 3.63) is 35.4 Å². The number of amides is 1. The smallest absolute Gasteiger partial charge is 0.251 e. The van der Waals surface area contributed by atoms with Gasteiger partial charge in [0.25, 0.3) is 5.91 Å². The molecule has 100 valence electrons. The molecule has 1 aliphatic rings. The van der Waals surface area contributed by atoms with E-state index in [1.807, 2.05) is 19.1 Å². The Bertz CT molecular complexity index is 372. The number of halogens is 1. The second-order valence-electron chi connectivity index (χ2n) is 4.51. The highest BCUT2D eigenvalue weighted by atomic mass is 35.5. The van der Waals surface area contributed by atoms with Crippen molar-refractivity contribution in [3.63, 3.8) is 0 Å². The van der Waals surface area contributed by atoms with Crippen LogP contribution < -0.4 is 10.6 Å². The van der Waals surface area contributed by atoms with Gasteiger partial charge in [-0.05, 0) is 56.5 Å². The molecule has 1 saturated heterocycles. The van der Waals surface area contributed by atoms with Gasteiger partial charge in [0.15, 0.2) is 0 Å². The Hall–Kier alpha value is -1.06. The third-order valence-electron chi connectivity index (χ3n) is 3.32. The number of piperidine rings is 1. The highest BCUT2D eigenvalue weighted by Gasteiger charge is 2.15. The van der Waals surface area contributed by atoms with Crippen molar-refractivity contribution in [2.75, 3.05) is 19.6 Å². The van der Waals surface area contributed by atoms with Crippen molar-refractivity contribution >= 4 is 18.3 Å². The summed E-state index contributed by atoms with van der Waals surface area (Å²) in [5.41, 5.74) is 2.11. The van der Waals surface area contributed by atoms with Gasteiger partial charge in [0.2, 0.25) is 0 Å². The molecule has 0 atom stereocenters. The van der Waals surface area contributed by atoms with Crippen LogP contribution in [0.25, 0.3) is 0 Å². The van der Waals surface area contributed by atoms with Gasteiger partial charge in [0.1, 0.15) is 0 Å². The molecule has 0 radical (unpaired) electrons. The first kappa shape index (κ1) is 15.0. The summed E-state index contributed by atoms with van der Waals surface area (Å²) >= 11 is 0. The molecule has 1 fully saturated rings. The van der Waals surface area contributed by atoms with Crippen molar-refractivity contribution < 1.29 is 4.79 Å². The van der Waals surface area contributed by atoms with Crippen LogP contribution in [0.5, 0.6) is 0 Å². The van der Waals surface area contributed by atoms with Gasteiger partial charge in [-0.25, -0.2) is 0 Å². The SMILES string of the molecule is CCNC(=O)c1ccc(C2CCNCC2)cc1.Cl.